The molecule has 3 N–H and O–H groups in total. The molecule has 1 fully saturated rings. The van der Waals surface area contributed by atoms with E-state index in [1.54, 1.807) is 0 Å². The number of nitrogens with one attached hydrogen (secondary N) is 3. The van der Waals surface area contributed by atoms with Gasteiger partial charge in [-0.05, 0) is 29.5 Å². The third-order valence-electron chi connectivity index (χ3n) is 4.83. The number of rotatable bonds is 5. The summed E-state index contributed by atoms with van der Waals surface area (Å²) in [5.74, 6) is 0.489. The Morgan fingerprint density at radius 2 is 1.96 bits per heavy atom. The first-order valence-corrected chi connectivity index (χ1v) is 8.96. The maximum absolute atomic E-state index is 12.7. The topological polar surface area (TPSA) is 53.2 Å². The molecule has 2 unspecified atom stereocenters. The van der Waals surface area contributed by atoms with Crippen LogP contribution in [0.4, 0.5) is 0 Å². The maximum Gasteiger partial charge on any atom is 0.226 e. The largest absolute Gasteiger partial charge is 0.352 e. The number of carbonyl (C=O) groups excluding carboxylic acids is 1. The van der Waals surface area contributed by atoms with Crippen LogP contribution in [-0.4, -0.2) is 12.5 Å². The third-order valence-corrected chi connectivity index (χ3v) is 4.83. The number of hydrazine groups is 1. The van der Waals surface area contributed by atoms with Crippen LogP contribution < -0.4 is 16.2 Å². The molecule has 4 heteroatoms. The minimum Gasteiger partial charge on any atom is -0.352 e. The van der Waals surface area contributed by atoms with Crippen LogP contribution in [-0.2, 0) is 11.3 Å². The highest BCUT2D eigenvalue weighted by molar-refractivity contribution is 5.80. The van der Waals surface area contributed by atoms with Gasteiger partial charge in [-0.1, -0.05) is 67.9 Å². The Morgan fingerprint density at radius 1 is 1.20 bits per heavy atom. The second kappa shape index (κ2) is 7.81. The number of hydrogen-bond acceptors (Lipinski definition) is 3. The minimum atomic E-state index is -0.114. The molecule has 0 bridgehead atoms. The molecule has 1 aliphatic heterocycles. The highest BCUT2D eigenvalue weighted by Crippen LogP contribution is 2.25. The van der Waals surface area contributed by atoms with Crippen molar-refractivity contribution in [1.29, 1.82) is 0 Å². The molecule has 1 amide bonds. The van der Waals surface area contributed by atoms with Crippen molar-refractivity contribution in [2.75, 3.05) is 6.54 Å². The van der Waals surface area contributed by atoms with Crippen LogP contribution in [0.3, 0.4) is 0 Å². The second-order valence-electron chi connectivity index (χ2n) is 7.14. The van der Waals surface area contributed by atoms with Crippen LogP contribution in [0.25, 0.3) is 0 Å². The van der Waals surface area contributed by atoms with E-state index in [2.05, 4.69) is 79.4 Å². The normalized spacial score (nSPS) is 20.0. The average Bonchev–Trinajstić information content (AvgIpc) is 3.10. The zero-order chi connectivity index (χ0) is 17.8. The Bertz CT molecular complexity index is 724. The molecule has 0 radical (unpaired) electrons. The quantitative estimate of drug-likeness (QED) is 0.785. The van der Waals surface area contributed by atoms with E-state index in [1.165, 1.54) is 11.1 Å². The van der Waals surface area contributed by atoms with Gasteiger partial charge in [0.2, 0.25) is 5.91 Å². The fourth-order valence-corrected chi connectivity index (χ4v) is 3.26. The number of carbonyl (C=O) groups is 1. The molecule has 0 aromatic heterocycles. The Labute approximate surface area is 150 Å². The first kappa shape index (κ1) is 17.6. The van der Waals surface area contributed by atoms with E-state index in [9.17, 15) is 4.79 Å². The zero-order valence-corrected chi connectivity index (χ0v) is 15.2. The van der Waals surface area contributed by atoms with Gasteiger partial charge >= 0.3 is 0 Å². The van der Waals surface area contributed by atoms with Gasteiger partial charge in [-0.2, -0.15) is 0 Å². The van der Waals surface area contributed by atoms with E-state index in [-0.39, 0.29) is 17.9 Å². The predicted molar refractivity (Wildman–Crippen MR) is 101 cm³/mol. The second-order valence-corrected chi connectivity index (χ2v) is 7.14. The van der Waals surface area contributed by atoms with Crippen LogP contribution in [0, 0.1) is 12.8 Å². The average molecular weight is 337 g/mol. The molecule has 1 aliphatic rings. The highest BCUT2D eigenvalue weighted by Gasteiger charge is 2.33. The van der Waals surface area contributed by atoms with Crippen molar-refractivity contribution >= 4 is 5.91 Å². The Balaban J connectivity index is 1.62. The molecule has 25 heavy (non-hydrogen) atoms. The van der Waals surface area contributed by atoms with Gasteiger partial charge in [-0.3, -0.25) is 10.2 Å². The lowest BCUT2D eigenvalue weighted by molar-refractivity contribution is -0.125. The van der Waals surface area contributed by atoms with Crippen molar-refractivity contribution < 1.29 is 4.79 Å². The molecule has 3 rings (SSSR count). The molecule has 4 nitrogen and oxygen atoms in total. The predicted octanol–water partition coefficient (Wildman–Crippen LogP) is 3.20. The molecule has 2 aromatic carbocycles. The van der Waals surface area contributed by atoms with Crippen molar-refractivity contribution in [2.45, 2.75) is 39.3 Å². The lowest BCUT2D eigenvalue weighted by Crippen LogP contribution is -2.34. The molecular formula is C21H27N3O. The summed E-state index contributed by atoms with van der Waals surface area (Å²) in [7, 11) is 0. The molecule has 2 aromatic rings. The first-order valence-electron chi connectivity index (χ1n) is 8.96. The molecule has 0 saturated carbocycles. The van der Waals surface area contributed by atoms with E-state index in [1.807, 2.05) is 6.07 Å². The van der Waals surface area contributed by atoms with Gasteiger partial charge in [0, 0.05) is 13.1 Å². The summed E-state index contributed by atoms with van der Waals surface area (Å²) in [5, 5.41) is 3.09. The summed E-state index contributed by atoms with van der Waals surface area (Å²) in [5.41, 5.74) is 11.2. The summed E-state index contributed by atoms with van der Waals surface area (Å²) >= 11 is 0. The molecule has 0 aliphatic carbocycles. The van der Waals surface area contributed by atoms with Crippen LogP contribution in [0.5, 0.6) is 0 Å². The SMILES string of the molecule is Cc1cccc(C2NNCC2C(=O)NCc2ccc(C(C)C)cc2)c1. The fourth-order valence-electron chi connectivity index (χ4n) is 3.26. The number of amides is 1. The molecule has 1 saturated heterocycles. The number of aryl methyl sites for hydroxylation is 1. The monoisotopic (exact) mass is 337 g/mol. The highest BCUT2D eigenvalue weighted by atomic mass is 16.2. The lowest BCUT2D eigenvalue weighted by Gasteiger charge is -2.19. The van der Waals surface area contributed by atoms with Crippen molar-refractivity contribution in [2.24, 2.45) is 5.92 Å². The van der Waals surface area contributed by atoms with Crippen LogP contribution in [0.2, 0.25) is 0 Å². The molecule has 132 valence electrons. The summed E-state index contributed by atoms with van der Waals surface area (Å²) in [6.45, 7) is 7.64. The van der Waals surface area contributed by atoms with Crippen LogP contribution >= 0.6 is 0 Å². The van der Waals surface area contributed by atoms with Gasteiger partial charge in [0.15, 0.2) is 0 Å². The van der Waals surface area contributed by atoms with Crippen molar-refractivity contribution in [3.05, 3.63) is 70.8 Å². The Morgan fingerprint density at radius 3 is 2.64 bits per heavy atom. The van der Waals surface area contributed by atoms with Gasteiger partial charge < -0.3 is 5.32 Å². The van der Waals surface area contributed by atoms with E-state index in [4.69, 9.17) is 0 Å². The summed E-state index contributed by atoms with van der Waals surface area (Å²) in [6, 6.07) is 16.8. The number of benzene rings is 2. The Kier molecular flexibility index (Phi) is 5.51. The van der Waals surface area contributed by atoms with E-state index < -0.39 is 0 Å². The Hall–Kier alpha value is -2.17. The van der Waals surface area contributed by atoms with Crippen LogP contribution in [0.1, 0.15) is 48.1 Å². The van der Waals surface area contributed by atoms with E-state index >= 15 is 0 Å². The molecule has 0 spiro atoms. The van der Waals surface area contributed by atoms with Gasteiger partial charge in [0.05, 0.1) is 12.0 Å². The zero-order valence-electron chi connectivity index (χ0n) is 15.2. The van der Waals surface area contributed by atoms with E-state index in [0.717, 1.165) is 11.1 Å². The van der Waals surface area contributed by atoms with Gasteiger partial charge in [0.25, 0.3) is 0 Å². The molecule has 2 atom stereocenters. The van der Waals surface area contributed by atoms with E-state index in [0.29, 0.717) is 19.0 Å². The molecule has 1 heterocycles. The standard InChI is InChI=1S/C21H27N3O/c1-14(2)17-9-7-16(8-10-17)12-22-21(25)19-13-23-24-20(19)18-6-4-5-15(3)11-18/h4-11,14,19-20,23-24H,12-13H2,1-3H3,(H,22,25). The molecular weight excluding hydrogens is 310 g/mol. The number of hydrogen-bond donors (Lipinski definition) is 3. The van der Waals surface area contributed by atoms with Crippen molar-refractivity contribution in [3.63, 3.8) is 0 Å². The third kappa shape index (κ3) is 4.27. The minimum absolute atomic E-state index is 0.00298. The smallest absolute Gasteiger partial charge is 0.226 e. The lowest BCUT2D eigenvalue weighted by atomic mass is 9.93. The summed E-state index contributed by atoms with van der Waals surface area (Å²) < 4.78 is 0. The van der Waals surface area contributed by atoms with Crippen molar-refractivity contribution in [1.82, 2.24) is 16.2 Å². The van der Waals surface area contributed by atoms with Gasteiger partial charge in [0.1, 0.15) is 0 Å². The van der Waals surface area contributed by atoms with Crippen molar-refractivity contribution in [3.8, 4) is 0 Å². The van der Waals surface area contributed by atoms with Gasteiger partial charge in [-0.15, -0.1) is 0 Å². The maximum atomic E-state index is 12.7. The first-order chi connectivity index (χ1) is 12.0. The summed E-state index contributed by atoms with van der Waals surface area (Å²) in [4.78, 5) is 12.7. The van der Waals surface area contributed by atoms with Crippen LogP contribution in [0.15, 0.2) is 48.5 Å². The van der Waals surface area contributed by atoms with Gasteiger partial charge in [-0.25, -0.2) is 5.43 Å². The summed E-state index contributed by atoms with van der Waals surface area (Å²) in [6.07, 6.45) is 0. The fraction of sp³-hybridized carbons (Fsp3) is 0.381.